The summed E-state index contributed by atoms with van der Waals surface area (Å²) >= 11 is 0. The van der Waals surface area contributed by atoms with Crippen LogP contribution in [0.1, 0.15) is 71.3 Å². The molecule has 7 heteroatoms. The third-order valence-corrected chi connectivity index (χ3v) is 8.95. The molecule has 202 valence electrons. The number of piperidine rings is 1. The Balaban J connectivity index is 1.27. The third-order valence-electron chi connectivity index (χ3n) is 8.95. The van der Waals surface area contributed by atoms with E-state index in [0.29, 0.717) is 50.1 Å². The minimum Gasteiger partial charge on any atom is -0.342 e. The number of nitrogens with zero attached hydrogens (tertiary/aromatic N) is 4. The van der Waals surface area contributed by atoms with Gasteiger partial charge >= 0.3 is 6.03 Å². The predicted octanol–water partition coefficient (Wildman–Crippen LogP) is 4.19. The van der Waals surface area contributed by atoms with Gasteiger partial charge in [-0.3, -0.25) is 14.5 Å². The molecule has 1 aromatic rings. The second kappa shape index (κ2) is 10.0. The van der Waals surface area contributed by atoms with E-state index in [4.69, 9.17) is 0 Å². The van der Waals surface area contributed by atoms with Crippen LogP contribution in [0.3, 0.4) is 0 Å². The highest BCUT2D eigenvalue weighted by molar-refractivity contribution is 6.07. The van der Waals surface area contributed by atoms with Gasteiger partial charge in [0.1, 0.15) is 5.54 Å². The van der Waals surface area contributed by atoms with Gasteiger partial charge in [-0.15, -0.1) is 0 Å². The van der Waals surface area contributed by atoms with E-state index in [9.17, 15) is 14.4 Å². The van der Waals surface area contributed by atoms with Crippen LogP contribution in [-0.4, -0.2) is 88.8 Å². The van der Waals surface area contributed by atoms with E-state index in [1.807, 2.05) is 17.9 Å². The summed E-state index contributed by atoms with van der Waals surface area (Å²) < 4.78 is 0. The molecule has 4 fully saturated rings. The molecule has 7 nitrogen and oxygen atoms in total. The number of amides is 4. The first-order valence-electron chi connectivity index (χ1n) is 14.3. The molecule has 0 radical (unpaired) electrons. The zero-order valence-electron chi connectivity index (χ0n) is 23.1. The Bertz CT molecular complexity index is 1010. The molecule has 4 amide bonds. The molecule has 37 heavy (non-hydrogen) atoms. The summed E-state index contributed by atoms with van der Waals surface area (Å²) in [6, 6.07) is 10.5. The van der Waals surface area contributed by atoms with Crippen LogP contribution in [0, 0.1) is 17.3 Å². The summed E-state index contributed by atoms with van der Waals surface area (Å²) in [6.07, 6.45) is 4.21. The Labute approximate surface area is 222 Å². The maximum Gasteiger partial charge on any atom is 0.327 e. The van der Waals surface area contributed by atoms with Crippen molar-refractivity contribution in [1.29, 1.82) is 0 Å². The maximum absolute atomic E-state index is 13.5. The first-order chi connectivity index (χ1) is 17.6. The highest BCUT2D eigenvalue weighted by atomic mass is 16.2. The molecule has 3 saturated heterocycles. The van der Waals surface area contributed by atoms with Gasteiger partial charge in [-0.2, -0.15) is 0 Å². The van der Waals surface area contributed by atoms with Gasteiger partial charge in [0.2, 0.25) is 5.91 Å². The molecular formula is C30H44N4O3. The highest BCUT2D eigenvalue weighted by Crippen LogP contribution is 2.41. The second-order valence-electron chi connectivity index (χ2n) is 13.0. The van der Waals surface area contributed by atoms with Crippen molar-refractivity contribution in [1.82, 2.24) is 19.6 Å². The second-order valence-corrected chi connectivity index (χ2v) is 13.0. The van der Waals surface area contributed by atoms with E-state index < -0.39 is 5.54 Å². The van der Waals surface area contributed by atoms with Gasteiger partial charge in [0.15, 0.2) is 0 Å². The largest absolute Gasteiger partial charge is 0.342 e. The zero-order chi connectivity index (χ0) is 26.4. The summed E-state index contributed by atoms with van der Waals surface area (Å²) in [4.78, 5) is 47.7. The molecule has 0 N–H and O–H groups in total. The van der Waals surface area contributed by atoms with E-state index in [2.05, 4.69) is 54.8 Å². The third kappa shape index (κ3) is 5.29. The molecular weight excluding hydrogens is 464 g/mol. The lowest BCUT2D eigenvalue weighted by Crippen LogP contribution is -2.57. The molecule has 1 aliphatic carbocycles. The van der Waals surface area contributed by atoms with E-state index in [-0.39, 0.29) is 23.3 Å². The van der Waals surface area contributed by atoms with Crippen molar-refractivity contribution in [2.24, 2.45) is 17.3 Å². The van der Waals surface area contributed by atoms with E-state index >= 15 is 0 Å². The van der Waals surface area contributed by atoms with E-state index in [0.717, 1.165) is 45.6 Å². The summed E-state index contributed by atoms with van der Waals surface area (Å²) in [5.41, 5.74) is 0.611. The summed E-state index contributed by atoms with van der Waals surface area (Å²) in [5, 5.41) is 0. The average molecular weight is 509 g/mol. The normalized spacial score (nSPS) is 26.5. The number of hydrogen-bond donors (Lipinski definition) is 0. The zero-order valence-corrected chi connectivity index (χ0v) is 23.1. The molecule has 0 aromatic heterocycles. The standard InChI is InChI=1S/C30H44N4O3/c1-5-34-28(37)33(18-22-11-12-22)27(36)30(34)13-15-31(16-14-30)19-24-20-32(26(35)17-29(2,3)4)21-25(24)23-9-7-6-8-10-23/h6-10,22,24-25H,5,11-21H2,1-4H3. The highest BCUT2D eigenvalue weighted by Gasteiger charge is 2.58. The molecule has 1 saturated carbocycles. The number of carbonyl (C=O) groups excluding carboxylic acids is 3. The fraction of sp³-hybridized carbons (Fsp3) is 0.700. The van der Waals surface area contributed by atoms with E-state index in [1.165, 1.54) is 5.56 Å². The van der Waals surface area contributed by atoms with Gasteiger partial charge in [-0.25, -0.2) is 4.79 Å². The lowest BCUT2D eigenvalue weighted by Gasteiger charge is -2.42. The average Bonchev–Trinajstić information content (AvgIpc) is 3.55. The monoisotopic (exact) mass is 508 g/mol. The fourth-order valence-corrected chi connectivity index (χ4v) is 6.76. The van der Waals surface area contributed by atoms with Crippen LogP contribution in [0.5, 0.6) is 0 Å². The number of carbonyl (C=O) groups is 3. The maximum atomic E-state index is 13.5. The Morgan fingerprint density at radius 3 is 2.27 bits per heavy atom. The number of benzene rings is 1. The molecule has 4 aliphatic rings. The van der Waals surface area contributed by atoms with Crippen molar-refractivity contribution in [3.8, 4) is 0 Å². The Morgan fingerprint density at radius 1 is 1.00 bits per heavy atom. The van der Waals surface area contributed by atoms with E-state index in [1.54, 1.807) is 4.90 Å². The van der Waals surface area contributed by atoms with Crippen molar-refractivity contribution in [3.05, 3.63) is 35.9 Å². The molecule has 2 unspecified atom stereocenters. The van der Waals surface area contributed by atoms with Crippen LogP contribution < -0.4 is 0 Å². The van der Waals surface area contributed by atoms with Crippen molar-refractivity contribution in [3.63, 3.8) is 0 Å². The van der Waals surface area contributed by atoms with Gasteiger partial charge in [0.05, 0.1) is 0 Å². The minimum absolute atomic E-state index is 0.0254. The molecule has 3 heterocycles. The minimum atomic E-state index is -0.666. The van der Waals surface area contributed by atoms with Gasteiger partial charge in [0, 0.05) is 58.2 Å². The number of urea groups is 1. The Hall–Kier alpha value is -2.41. The van der Waals surface area contributed by atoms with Crippen LogP contribution in [-0.2, 0) is 9.59 Å². The number of hydrogen-bond acceptors (Lipinski definition) is 4. The topological polar surface area (TPSA) is 64.2 Å². The van der Waals surface area contributed by atoms with Crippen molar-refractivity contribution >= 4 is 17.8 Å². The summed E-state index contributed by atoms with van der Waals surface area (Å²) in [7, 11) is 0. The van der Waals surface area contributed by atoms with Crippen LogP contribution in [0.25, 0.3) is 0 Å². The van der Waals surface area contributed by atoms with Gasteiger partial charge in [-0.05, 0) is 55.4 Å². The SMILES string of the molecule is CCN1C(=O)N(CC2CC2)C(=O)C12CCN(CC1CN(C(=O)CC(C)(C)C)CC1c1ccccc1)CC2. The van der Waals surface area contributed by atoms with Gasteiger partial charge in [0.25, 0.3) is 5.91 Å². The number of rotatable bonds is 7. The molecule has 1 aromatic carbocycles. The molecule has 0 bridgehead atoms. The Kier molecular flexibility index (Phi) is 7.12. The van der Waals surface area contributed by atoms with Crippen LogP contribution in [0.4, 0.5) is 4.79 Å². The molecule has 5 rings (SSSR count). The summed E-state index contributed by atoms with van der Waals surface area (Å²) in [5.74, 6) is 1.46. The van der Waals surface area contributed by atoms with Crippen molar-refractivity contribution < 1.29 is 14.4 Å². The quantitative estimate of drug-likeness (QED) is 0.518. The Morgan fingerprint density at radius 2 is 1.68 bits per heavy atom. The van der Waals surface area contributed by atoms with Crippen molar-refractivity contribution in [2.45, 2.75) is 71.3 Å². The first-order valence-corrected chi connectivity index (χ1v) is 14.3. The number of likely N-dealkylation sites (N-methyl/N-ethyl adjacent to an activating group) is 1. The van der Waals surface area contributed by atoms with Crippen molar-refractivity contribution in [2.75, 3.05) is 45.8 Å². The lowest BCUT2D eigenvalue weighted by molar-refractivity contribution is -0.136. The van der Waals surface area contributed by atoms with Gasteiger partial charge < -0.3 is 14.7 Å². The number of imide groups is 1. The predicted molar refractivity (Wildman–Crippen MR) is 144 cm³/mol. The lowest BCUT2D eigenvalue weighted by atomic mass is 9.84. The molecule has 1 spiro atoms. The smallest absolute Gasteiger partial charge is 0.327 e. The van der Waals surface area contributed by atoms with Crippen LogP contribution >= 0.6 is 0 Å². The summed E-state index contributed by atoms with van der Waals surface area (Å²) in [6.45, 7) is 13.6. The van der Waals surface area contributed by atoms with Crippen LogP contribution in [0.2, 0.25) is 0 Å². The number of likely N-dealkylation sites (tertiary alicyclic amines) is 2. The van der Waals surface area contributed by atoms with Gasteiger partial charge in [-0.1, -0.05) is 51.1 Å². The van der Waals surface area contributed by atoms with Crippen LogP contribution in [0.15, 0.2) is 30.3 Å². The fourth-order valence-electron chi connectivity index (χ4n) is 6.76. The first kappa shape index (κ1) is 26.2. The molecule has 3 aliphatic heterocycles. The molecule has 2 atom stereocenters.